The van der Waals surface area contributed by atoms with Crippen LogP contribution in [0.3, 0.4) is 0 Å². The summed E-state index contributed by atoms with van der Waals surface area (Å²) in [5.74, 6) is 0.488. The molecule has 3 aromatic carbocycles. The van der Waals surface area contributed by atoms with Gasteiger partial charge in [-0.1, -0.05) is 67.6 Å². The fourth-order valence-electron chi connectivity index (χ4n) is 3.31. The van der Waals surface area contributed by atoms with Gasteiger partial charge in [-0.15, -0.1) is 0 Å². The topological polar surface area (TPSA) is 38.8 Å². The zero-order valence-electron chi connectivity index (χ0n) is 17.7. The van der Waals surface area contributed by atoms with E-state index in [1.807, 2.05) is 67.6 Å². The number of rotatable bonds is 9. The molecule has 0 amide bonds. The molecule has 4 nitrogen and oxygen atoms in total. The van der Waals surface area contributed by atoms with Gasteiger partial charge in [0.2, 0.25) is 0 Å². The molecule has 3 rings (SSSR count). The van der Waals surface area contributed by atoms with Crippen molar-refractivity contribution in [2.75, 3.05) is 18.0 Å². The molecule has 1 unspecified atom stereocenters. The molecule has 0 bridgehead atoms. The molecule has 30 heavy (non-hydrogen) atoms. The average molecular weight is 404 g/mol. The molecule has 0 aromatic heterocycles. The van der Waals surface area contributed by atoms with Gasteiger partial charge in [0.1, 0.15) is 11.9 Å². The van der Waals surface area contributed by atoms with E-state index >= 15 is 0 Å². The predicted molar refractivity (Wildman–Crippen MR) is 121 cm³/mol. The quantitative estimate of drug-likeness (QED) is 0.320. The van der Waals surface area contributed by atoms with Crippen LogP contribution in [0.25, 0.3) is 0 Å². The van der Waals surface area contributed by atoms with Crippen LogP contribution in [-0.4, -0.2) is 25.3 Å². The van der Waals surface area contributed by atoms with E-state index < -0.39 is 6.16 Å². The van der Waals surface area contributed by atoms with Crippen molar-refractivity contribution >= 4 is 11.8 Å². The molecule has 0 aliphatic heterocycles. The third kappa shape index (κ3) is 6.38. The van der Waals surface area contributed by atoms with E-state index in [1.54, 1.807) is 0 Å². The molecule has 0 radical (unpaired) electrons. The molecule has 0 saturated carbocycles. The van der Waals surface area contributed by atoms with Gasteiger partial charge in [-0.25, -0.2) is 4.79 Å². The Bertz CT molecular complexity index is 895. The van der Waals surface area contributed by atoms with E-state index in [0.29, 0.717) is 18.7 Å². The summed E-state index contributed by atoms with van der Waals surface area (Å²) in [6.45, 7) is 5.56. The summed E-state index contributed by atoms with van der Waals surface area (Å²) in [7, 11) is 0. The second-order valence-corrected chi connectivity index (χ2v) is 7.18. The number of hydrogen-bond donors (Lipinski definition) is 0. The molecular formula is C26H29NO3. The monoisotopic (exact) mass is 403 g/mol. The maximum Gasteiger partial charge on any atom is 0.514 e. The minimum atomic E-state index is -0.665. The van der Waals surface area contributed by atoms with Crippen LogP contribution in [0.5, 0.6) is 5.75 Å². The maximum absolute atomic E-state index is 12.3. The highest BCUT2D eigenvalue weighted by Gasteiger charge is 2.18. The molecule has 1 atom stereocenters. The molecule has 4 heteroatoms. The van der Waals surface area contributed by atoms with Crippen molar-refractivity contribution in [3.05, 3.63) is 96.1 Å². The van der Waals surface area contributed by atoms with Crippen LogP contribution in [0.1, 0.15) is 31.4 Å². The molecular weight excluding hydrogens is 374 g/mol. The lowest BCUT2D eigenvalue weighted by atomic mass is 10.1. The van der Waals surface area contributed by atoms with Gasteiger partial charge in [-0.3, -0.25) is 0 Å². The molecule has 0 aliphatic carbocycles. The van der Waals surface area contributed by atoms with Gasteiger partial charge in [0.15, 0.2) is 0 Å². The summed E-state index contributed by atoms with van der Waals surface area (Å²) in [6.07, 6.45) is 0.654. The number of benzene rings is 3. The maximum atomic E-state index is 12.3. The van der Waals surface area contributed by atoms with Crippen molar-refractivity contribution in [3.63, 3.8) is 0 Å². The van der Waals surface area contributed by atoms with Crippen molar-refractivity contribution < 1.29 is 14.3 Å². The van der Waals surface area contributed by atoms with Gasteiger partial charge >= 0.3 is 6.16 Å². The average Bonchev–Trinajstić information content (AvgIpc) is 2.79. The van der Waals surface area contributed by atoms with Crippen molar-refractivity contribution in [2.45, 2.75) is 32.8 Å². The first-order chi connectivity index (χ1) is 14.7. The Labute approximate surface area is 179 Å². The first-order valence-corrected chi connectivity index (χ1v) is 10.5. The third-order valence-electron chi connectivity index (χ3n) is 5.02. The fourth-order valence-corrected chi connectivity index (χ4v) is 3.31. The summed E-state index contributed by atoms with van der Waals surface area (Å²) < 4.78 is 11.0. The Morgan fingerprint density at radius 3 is 2.03 bits per heavy atom. The van der Waals surface area contributed by atoms with Crippen molar-refractivity contribution in [3.8, 4) is 5.75 Å². The second kappa shape index (κ2) is 11.1. The number of carbonyl (C=O) groups is 1. The Balaban J connectivity index is 1.53. The van der Waals surface area contributed by atoms with E-state index in [1.165, 1.54) is 5.56 Å². The highest BCUT2D eigenvalue weighted by Crippen LogP contribution is 2.18. The normalized spacial score (nSPS) is 11.5. The van der Waals surface area contributed by atoms with Crippen LogP contribution in [0.2, 0.25) is 0 Å². The summed E-state index contributed by atoms with van der Waals surface area (Å²) in [5, 5.41) is 0. The SMILES string of the molecule is CCC(CN(CC)c1ccccc1)OC(=O)Oc1ccc(Cc2ccccc2)cc1. The second-order valence-electron chi connectivity index (χ2n) is 7.18. The lowest BCUT2D eigenvalue weighted by Gasteiger charge is -2.27. The number of hydrogen-bond acceptors (Lipinski definition) is 4. The minimum absolute atomic E-state index is 0.241. The Hall–Kier alpha value is -3.27. The first-order valence-electron chi connectivity index (χ1n) is 10.5. The van der Waals surface area contributed by atoms with E-state index in [9.17, 15) is 4.79 Å². The van der Waals surface area contributed by atoms with Crippen LogP contribution in [-0.2, 0) is 11.2 Å². The molecule has 0 fully saturated rings. The van der Waals surface area contributed by atoms with Crippen LogP contribution >= 0.6 is 0 Å². The summed E-state index contributed by atoms with van der Waals surface area (Å²) in [5.41, 5.74) is 3.52. The minimum Gasteiger partial charge on any atom is -0.429 e. The van der Waals surface area contributed by atoms with E-state index in [2.05, 4.69) is 36.1 Å². The highest BCUT2D eigenvalue weighted by atomic mass is 16.7. The number of para-hydroxylation sites is 1. The van der Waals surface area contributed by atoms with Gasteiger partial charge in [0.05, 0.1) is 6.54 Å². The fraction of sp³-hybridized carbons (Fsp3) is 0.269. The zero-order valence-corrected chi connectivity index (χ0v) is 17.7. The molecule has 0 heterocycles. The van der Waals surface area contributed by atoms with E-state index in [0.717, 1.165) is 24.2 Å². The predicted octanol–water partition coefficient (Wildman–Crippen LogP) is 6.10. The Morgan fingerprint density at radius 1 is 0.833 bits per heavy atom. The highest BCUT2D eigenvalue weighted by molar-refractivity contribution is 5.64. The number of carbonyl (C=O) groups excluding carboxylic acids is 1. The molecule has 0 aliphatic rings. The number of ether oxygens (including phenoxy) is 2. The summed E-state index contributed by atoms with van der Waals surface area (Å²) in [4.78, 5) is 14.5. The zero-order chi connectivity index (χ0) is 21.2. The van der Waals surface area contributed by atoms with Crippen molar-refractivity contribution in [1.82, 2.24) is 0 Å². The lowest BCUT2D eigenvalue weighted by Crippen LogP contribution is -2.35. The van der Waals surface area contributed by atoms with Crippen LogP contribution in [0.4, 0.5) is 10.5 Å². The smallest absolute Gasteiger partial charge is 0.429 e. The number of anilines is 1. The first kappa shape index (κ1) is 21.4. The van der Waals surface area contributed by atoms with Gasteiger partial charge in [-0.05, 0) is 55.2 Å². The van der Waals surface area contributed by atoms with Crippen LogP contribution in [0.15, 0.2) is 84.9 Å². The third-order valence-corrected chi connectivity index (χ3v) is 5.02. The summed E-state index contributed by atoms with van der Waals surface area (Å²) >= 11 is 0. The van der Waals surface area contributed by atoms with Crippen LogP contribution < -0.4 is 9.64 Å². The Morgan fingerprint density at radius 2 is 1.43 bits per heavy atom. The van der Waals surface area contributed by atoms with Crippen molar-refractivity contribution in [2.24, 2.45) is 0 Å². The Kier molecular flexibility index (Phi) is 7.90. The van der Waals surface area contributed by atoms with E-state index in [4.69, 9.17) is 9.47 Å². The number of nitrogens with zero attached hydrogens (tertiary/aromatic N) is 1. The molecule has 0 spiro atoms. The lowest BCUT2D eigenvalue weighted by molar-refractivity contribution is 0.0594. The molecule has 0 N–H and O–H groups in total. The van der Waals surface area contributed by atoms with Gasteiger partial charge in [0, 0.05) is 12.2 Å². The van der Waals surface area contributed by atoms with Gasteiger partial charge in [-0.2, -0.15) is 0 Å². The molecule has 156 valence electrons. The standard InChI is InChI=1S/C26H29NO3/c1-3-24(20-27(4-2)23-13-9-6-10-14-23)29-26(28)30-25-17-15-22(16-18-25)19-21-11-7-5-8-12-21/h5-18,24H,3-4,19-20H2,1-2H3. The van der Waals surface area contributed by atoms with Gasteiger partial charge in [0.25, 0.3) is 0 Å². The molecule has 3 aromatic rings. The van der Waals surface area contributed by atoms with Crippen LogP contribution in [0, 0.1) is 0 Å². The molecule has 0 saturated heterocycles. The van der Waals surface area contributed by atoms with E-state index in [-0.39, 0.29) is 6.10 Å². The van der Waals surface area contributed by atoms with Gasteiger partial charge < -0.3 is 14.4 Å². The largest absolute Gasteiger partial charge is 0.514 e. The number of likely N-dealkylation sites (N-methyl/N-ethyl adjacent to an activating group) is 1. The summed E-state index contributed by atoms with van der Waals surface area (Å²) in [6, 6.07) is 28.0. The van der Waals surface area contributed by atoms with Crippen molar-refractivity contribution in [1.29, 1.82) is 0 Å².